The summed E-state index contributed by atoms with van der Waals surface area (Å²) in [5, 5.41) is 18.9. The van der Waals surface area contributed by atoms with Gasteiger partial charge in [-0.3, -0.25) is 9.59 Å². The van der Waals surface area contributed by atoms with Crippen LogP contribution < -0.4 is 10.1 Å². The molecule has 1 unspecified atom stereocenters. The molecule has 1 aromatic rings. The van der Waals surface area contributed by atoms with Crippen LogP contribution in [0.2, 0.25) is 0 Å². The van der Waals surface area contributed by atoms with Crippen LogP contribution in [0, 0.1) is 0 Å². The number of carboxylic acids is 1. The number of carbonyl (C=O) groups is 2. The number of methoxy groups -OCH3 is 1. The topological polar surface area (TPSA) is 100 Å². The Labute approximate surface area is 131 Å². The zero-order chi connectivity index (χ0) is 16.1. The second-order valence-electron chi connectivity index (χ2n) is 4.51. The molecule has 7 nitrogen and oxygen atoms in total. The fraction of sp³-hybridized carbons (Fsp3) is 0.286. The van der Waals surface area contributed by atoms with E-state index in [1.165, 1.54) is 0 Å². The third kappa shape index (κ3) is 4.08. The van der Waals surface area contributed by atoms with Gasteiger partial charge in [-0.05, 0) is 36.8 Å². The number of rotatable bonds is 5. The fourth-order valence-corrected chi connectivity index (χ4v) is 2.66. The van der Waals surface area contributed by atoms with E-state index in [-0.39, 0.29) is 12.3 Å². The predicted octanol–water partition coefficient (Wildman–Crippen LogP) is 1.48. The van der Waals surface area contributed by atoms with Gasteiger partial charge >= 0.3 is 5.97 Å². The summed E-state index contributed by atoms with van der Waals surface area (Å²) < 4.78 is 5.08. The van der Waals surface area contributed by atoms with Gasteiger partial charge in [-0.15, -0.1) is 5.10 Å². The van der Waals surface area contributed by atoms with Crippen molar-refractivity contribution in [3.05, 3.63) is 29.8 Å². The summed E-state index contributed by atoms with van der Waals surface area (Å²) in [4.78, 5) is 22.2. The van der Waals surface area contributed by atoms with Crippen molar-refractivity contribution in [1.82, 2.24) is 5.32 Å². The first kappa shape index (κ1) is 16.0. The van der Waals surface area contributed by atoms with Crippen molar-refractivity contribution < 1.29 is 19.4 Å². The van der Waals surface area contributed by atoms with Crippen molar-refractivity contribution >= 4 is 34.5 Å². The number of carbonyl (C=O) groups excluding carboxylic acids is 1. The predicted molar refractivity (Wildman–Crippen MR) is 84.4 cm³/mol. The average molecular weight is 321 g/mol. The van der Waals surface area contributed by atoms with Gasteiger partial charge < -0.3 is 15.2 Å². The first-order valence-electron chi connectivity index (χ1n) is 6.45. The minimum Gasteiger partial charge on any atom is -0.497 e. The van der Waals surface area contributed by atoms with Gasteiger partial charge in [0.2, 0.25) is 5.91 Å². The van der Waals surface area contributed by atoms with Gasteiger partial charge in [0.15, 0.2) is 5.17 Å². The lowest BCUT2D eigenvalue weighted by Gasteiger charge is -2.01. The van der Waals surface area contributed by atoms with Crippen molar-refractivity contribution in [2.24, 2.45) is 10.2 Å². The summed E-state index contributed by atoms with van der Waals surface area (Å²) in [5.74, 6) is -0.631. The summed E-state index contributed by atoms with van der Waals surface area (Å²) in [7, 11) is 1.59. The van der Waals surface area contributed by atoms with Crippen LogP contribution in [0.25, 0.3) is 0 Å². The molecule has 116 valence electrons. The Balaban J connectivity index is 2.06. The van der Waals surface area contributed by atoms with E-state index < -0.39 is 11.2 Å². The smallest absolute Gasteiger partial charge is 0.305 e. The number of amidine groups is 1. The van der Waals surface area contributed by atoms with Gasteiger partial charge in [-0.1, -0.05) is 11.8 Å². The highest BCUT2D eigenvalue weighted by molar-refractivity contribution is 8.15. The number of aliphatic carboxylic acids is 1. The summed E-state index contributed by atoms with van der Waals surface area (Å²) in [5.41, 5.74) is 1.55. The van der Waals surface area contributed by atoms with Crippen molar-refractivity contribution in [1.29, 1.82) is 0 Å². The Morgan fingerprint density at radius 2 is 2.09 bits per heavy atom. The number of nitrogens with one attached hydrogen (secondary N) is 1. The first-order valence-corrected chi connectivity index (χ1v) is 7.33. The molecule has 1 fully saturated rings. The second-order valence-corrected chi connectivity index (χ2v) is 5.70. The van der Waals surface area contributed by atoms with E-state index in [2.05, 4.69) is 15.5 Å². The molecule has 1 heterocycles. The molecule has 1 aromatic carbocycles. The number of ether oxygens (including phenoxy) is 1. The maximum atomic E-state index is 11.6. The second kappa shape index (κ2) is 7.08. The minimum absolute atomic E-state index is 0.239. The number of nitrogens with zero attached hydrogens (tertiary/aromatic N) is 2. The number of hydrogen-bond donors (Lipinski definition) is 2. The molecule has 0 radical (unpaired) electrons. The van der Waals surface area contributed by atoms with Crippen molar-refractivity contribution in [3.8, 4) is 5.75 Å². The van der Waals surface area contributed by atoms with Crippen LogP contribution in [0.5, 0.6) is 5.75 Å². The highest BCUT2D eigenvalue weighted by Crippen LogP contribution is 2.22. The lowest BCUT2D eigenvalue weighted by molar-refractivity contribution is -0.138. The Hall–Kier alpha value is -2.35. The summed E-state index contributed by atoms with van der Waals surface area (Å²) in [6, 6.07) is 7.34. The van der Waals surface area contributed by atoms with Crippen LogP contribution in [0.3, 0.4) is 0 Å². The summed E-state index contributed by atoms with van der Waals surface area (Å²) >= 11 is 1.07. The van der Waals surface area contributed by atoms with Gasteiger partial charge in [0.25, 0.3) is 0 Å². The molecule has 0 bridgehead atoms. The lowest BCUT2D eigenvalue weighted by atomic mass is 10.1. The largest absolute Gasteiger partial charge is 0.497 e. The van der Waals surface area contributed by atoms with Gasteiger partial charge in [0.05, 0.1) is 19.2 Å². The van der Waals surface area contributed by atoms with Crippen LogP contribution in [-0.2, 0) is 9.59 Å². The van der Waals surface area contributed by atoms with E-state index in [0.29, 0.717) is 10.9 Å². The third-order valence-corrected chi connectivity index (χ3v) is 4.01. The number of carboxylic acid groups (broad SMARTS) is 1. The SMILES string of the molecule is COc1ccc(/C(C)=N/N=C2\NC(=O)C(CC(=O)O)S2)cc1. The highest BCUT2D eigenvalue weighted by Gasteiger charge is 2.32. The van der Waals surface area contributed by atoms with Crippen LogP contribution in [0.4, 0.5) is 0 Å². The highest BCUT2D eigenvalue weighted by atomic mass is 32.2. The Morgan fingerprint density at radius 3 is 2.68 bits per heavy atom. The van der Waals surface area contributed by atoms with Gasteiger partial charge in [0.1, 0.15) is 11.0 Å². The quantitative estimate of drug-likeness (QED) is 0.632. The zero-order valence-corrected chi connectivity index (χ0v) is 12.9. The van der Waals surface area contributed by atoms with E-state index in [0.717, 1.165) is 23.1 Å². The molecule has 22 heavy (non-hydrogen) atoms. The summed E-state index contributed by atoms with van der Waals surface area (Å²) in [6.07, 6.45) is -0.239. The molecular formula is C14H15N3O4S. The molecule has 1 aliphatic rings. The van der Waals surface area contributed by atoms with Crippen molar-refractivity contribution in [3.63, 3.8) is 0 Å². The van der Waals surface area contributed by atoms with Gasteiger partial charge in [0, 0.05) is 0 Å². The Morgan fingerprint density at radius 1 is 1.41 bits per heavy atom. The standard InChI is InChI=1S/C14H15N3O4S/c1-8(9-3-5-10(21-2)6-4-9)16-17-14-15-13(20)11(22-14)7-12(18)19/h3-6,11H,7H2,1-2H3,(H,18,19)(H,15,17,20)/b16-8+. The maximum absolute atomic E-state index is 11.6. The molecule has 1 atom stereocenters. The zero-order valence-electron chi connectivity index (χ0n) is 12.1. The van der Waals surface area contributed by atoms with Crippen LogP contribution >= 0.6 is 11.8 Å². The van der Waals surface area contributed by atoms with Crippen LogP contribution in [-0.4, -0.2) is 40.2 Å². The van der Waals surface area contributed by atoms with E-state index in [1.54, 1.807) is 14.0 Å². The van der Waals surface area contributed by atoms with E-state index in [1.807, 2.05) is 24.3 Å². The van der Waals surface area contributed by atoms with Crippen LogP contribution in [0.1, 0.15) is 18.9 Å². The van der Waals surface area contributed by atoms with Gasteiger partial charge in [-0.25, -0.2) is 0 Å². The molecule has 1 amide bonds. The number of benzene rings is 1. The van der Waals surface area contributed by atoms with Crippen molar-refractivity contribution in [2.75, 3.05) is 7.11 Å². The third-order valence-electron chi connectivity index (χ3n) is 2.94. The van der Waals surface area contributed by atoms with E-state index in [4.69, 9.17) is 9.84 Å². The Kier molecular flexibility index (Phi) is 5.16. The number of amides is 1. The molecule has 8 heteroatoms. The molecule has 0 saturated carbocycles. The molecule has 2 N–H and O–H groups in total. The first-order chi connectivity index (χ1) is 10.5. The average Bonchev–Trinajstić information content (AvgIpc) is 2.84. The molecular weight excluding hydrogens is 306 g/mol. The molecule has 0 spiro atoms. The molecule has 0 aromatic heterocycles. The summed E-state index contributed by atoms with van der Waals surface area (Å²) in [6.45, 7) is 1.79. The molecule has 1 aliphatic heterocycles. The van der Waals surface area contributed by atoms with Gasteiger partial charge in [-0.2, -0.15) is 5.10 Å². The lowest BCUT2D eigenvalue weighted by Crippen LogP contribution is -2.26. The Bertz CT molecular complexity index is 640. The molecule has 0 aliphatic carbocycles. The maximum Gasteiger partial charge on any atom is 0.305 e. The normalized spacial score (nSPS) is 20.1. The molecule has 2 rings (SSSR count). The van der Waals surface area contributed by atoms with Crippen molar-refractivity contribution in [2.45, 2.75) is 18.6 Å². The van der Waals surface area contributed by atoms with E-state index in [9.17, 15) is 9.59 Å². The number of hydrogen-bond acceptors (Lipinski definition) is 6. The number of thioether (sulfide) groups is 1. The molecule has 1 saturated heterocycles. The monoisotopic (exact) mass is 321 g/mol. The fourth-order valence-electron chi connectivity index (χ4n) is 1.76. The van der Waals surface area contributed by atoms with E-state index >= 15 is 0 Å². The van der Waals surface area contributed by atoms with Crippen LogP contribution in [0.15, 0.2) is 34.5 Å². The minimum atomic E-state index is -1.02.